The summed E-state index contributed by atoms with van der Waals surface area (Å²) in [6.07, 6.45) is 1.87. The van der Waals surface area contributed by atoms with Crippen molar-refractivity contribution in [3.8, 4) is 0 Å². The SMILES string of the molecule is CC(C)(C)C(=O)OCCCS(C)(=N)=O. The average Bonchev–Trinajstić information content (AvgIpc) is 1.93. The van der Waals surface area contributed by atoms with Gasteiger partial charge in [-0.3, -0.25) is 13.8 Å². The molecular weight excluding hydrogens is 202 g/mol. The number of hydrogen-bond acceptors (Lipinski definition) is 4. The molecule has 84 valence electrons. The van der Waals surface area contributed by atoms with Gasteiger partial charge in [-0.1, -0.05) is 0 Å². The van der Waals surface area contributed by atoms with Crippen LogP contribution in [-0.2, 0) is 19.3 Å². The third-order valence-electron chi connectivity index (χ3n) is 1.52. The van der Waals surface area contributed by atoms with Gasteiger partial charge in [-0.05, 0) is 27.2 Å². The van der Waals surface area contributed by atoms with Gasteiger partial charge in [0.1, 0.15) is 0 Å². The van der Waals surface area contributed by atoms with Gasteiger partial charge in [-0.2, -0.15) is 0 Å². The Kier molecular flexibility index (Phi) is 4.58. The number of carbonyl (C=O) groups is 1. The van der Waals surface area contributed by atoms with Gasteiger partial charge in [-0.25, -0.2) is 0 Å². The summed E-state index contributed by atoms with van der Waals surface area (Å²) in [7, 11) is -2.45. The zero-order valence-electron chi connectivity index (χ0n) is 9.25. The molecule has 0 aliphatic rings. The quantitative estimate of drug-likeness (QED) is 0.579. The van der Waals surface area contributed by atoms with Crippen LogP contribution in [-0.4, -0.2) is 28.8 Å². The van der Waals surface area contributed by atoms with E-state index in [1.54, 1.807) is 20.8 Å². The summed E-state index contributed by atoms with van der Waals surface area (Å²) < 4.78 is 23.0. The Labute approximate surface area is 86.0 Å². The second kappa shape index (κ2) is 4.77. The first kappa shape index (κ1) is 13.4. The Morgan fingerprint density at radius 2 is 1.93 bits per heavy atom. The van der Waals surface area contributed by atoms with E-state index < -0.39 is 15.1 Å². The molecular formula is C9H19NO3S. The van der Waals surface area contributed by atoms with Crippen LogP contribution in [0, 0.1) is 10.2 Å². The van der Waals surface area contributed by atoms with Crippen molar-refractivity contribution in [2.24, 2.45) is 5.41 Å². The minimum atomic E-state index is -2.45. The van der Waals surface area contributed by atoms with Crippen molar-refractivity contribution in [3.63, 3.8) is 0 Å². The fourth-order valence-corrected chi connectivity index (χ4v) is 1.38. The Hall–Kier alpha value is -0.580. The van der Waals surface area contributed by atoms with Gasteiger partial charge in [0.25, 0.3) is 0 Å². The van der Waals surface area contributed by atoms with E-state index in [1.807, 2.05) is 0 Å². The summed E-state index contributed by atoms with van der Waals surface area (Å²) in [5.74, 6) is 0.0230. The van der Waals surface area contributed by atoms with Gasteiger partial charge in [0.15, 0.2) is 0 Å². The van der Waals surface area contributed by atoms with E-state index in [-0.39, 0.29) is 18.3 Å². The largest absolute Gasteiger partial charge is 0.465 e. The third kappa shape index (κ3) is 6.88. The molecule has 0 radical (unpaired) electrons. The van der Waals surface area contributed by atoms with Crippen LogP contribution in [0.5, 0.6) is 0 Å². The summed E-state index contributed by atoms with van der Waals surface area (Å²) in [4.78, 5) is 11.2. The summed E-state index contributed by atoms with van der Waals surface area (Å²) in [5, 5.41) is 0. The van der Waals surface area contributed by atoms with E-state index in [9.17, 15) is 9.00 Å². The Morgan fingerprint density at radius 3 is 2.29 bits per heavy atom. The highest BCUT2D eigenvalue weighted by Gasteiger charge is 2.22. The van der Waals surface area contributed by atoms with Crippen LogP contribution in [0.2, 0.25) is 0 Å². The molecule has 14 heavy (non-hydrogen) atoms. The van der Waals surface area contributed by atoms with Crippen LogP contribution in [0.15, 0.2) is 0 Å². The molecule has 0 fully saturated rings. The van der Waals surface area contributed by atoms with Crippen molar-refractivity contribution < 1.29 is 13.7 Å². The molecule has 0 aliphatic heterocycles. The van der Waals surface area contributed by atoms with Crippen LogP contribution in [0.3, 0.4) is 0 Å². The van der Waals surface area contributed by atoms with Gasteiger partial charge < -0.3 is 4.74 Å². The first-order valence-corrected chi connectivity index (χ1v) is 6.65. The lowest BCUT2D eigenvalue weighted by atomic mass is 9.97. The predicted molar refractivity (Wildman–Crippen MR) is 56.7 cm³/mol. The van der Waals surface area contributed by atoms with Gasteiger partial charge >= 0.3 is 5.97 Å². The molecule has 5 heteroatoms. The van der Waals surface area contributed by atoms with E-state index in [2.05, 4.69) is 0 Å². The second-order valence-electron chi connectivity index (χ2n) is 4.45. The number of hydrogen-bond donors (Lipinski definition) is 1. The molecule has 0 aliphatic carbocycles. The standard InChI is InChI=1S/C9H19NO3S/c1-9(2,3)8(11)13-6-5-7-14(4,10)12/h10H,5-7H2,1-4H3. The maximum absolute atomic E-state index is 11.2. The van der Waals surface area contributed by atoms with Crippen molar-refractivity contribution in [2.45, 2.75) is 27.2 Å². The number of nitrogens with one attached hydrogen (secondary N) is 1. The fraction of sp³-hybridized carbons (Fsp3) is 0.889. The van der Waals surface area contributed by atoms with Crippen molar-refractivity contribution >= 4 is 15.7 Å². The topological polar surface area (TPSA) is 67.2 Å². The van der Waals surface area contributed by atoms with Crippen molar-refractivity contribution in [3.05, 3.63) is 0 Å². The lowest BCUT2D eigenvalue weighted by Crippen LogP contribution is -2.23. The van der Waals surface area contributed by atoms with Crippen LogP contribution in [0.1, 0.15) is 27.2 Å². The molecule has 1 atom stereocenters. The number of carbonyl (C=O) groups excluding carboxylic acids is 1. The van der Waals surface area contributed by atoms with Crippen molar-refractivity contribution in [1.29, 1.82) is 4.78 Å². The van der Waals surface area contributed by atoms with E-state index >= 15 is 0 Å². The van der Waals surface area contributed by atoms with Crippen LogP contribution in [0.4, 0.5) is 0 Å². The van der Waals surface area contributed by atoms with Crippen molar-refractivity contribution in [2.75, 3.05) is 18.6 Å². The molecule has 0 bridgehead atoms. The van der Waals surface area contributed by atoms with E-state index in [0.29, 0.717) is 6.42 Å². The van der Waals surface area contributed by atoms with Gasteiger partial charge in [0, 0.05) is 21.7 Å². The molecule has 1 unspecified atom stereocenters. The molecule has 0 saturated carbocycles. The number of rotatable bonds is 4. The monoisotopic (exact) mass is 221 g/mol. The minimum Gasteiger partial charge on any atom is -0.465 e. The average molecular weight is 221 g/mol. The smallest absolute Gasteiger partial charge is 0.311 e. The highest BCUT2D eigenvalue weighted by Crippen LogP contribution is 2.15. The predicted octanol–water partition coefficient (Wildman–Crippen LogP) is 1.64. The second-order valence-corrected chi connectivity index (χ2v) is 6.87. The van der Waals surface area contributed by atoms with Crippen LogP contribution in [0.25, 0.3) is 0 Å². The first-order chi connectivity index (χ1) is 6.13. The Morgan fingerprint density at radius 1 is 1.43 bits per heavy atom. The summed E-state index contributed by atoms with van der Waals surface area (Å²) >= 11 is 0. The van der Waals surface area contributed by atoms with E-state index in [0.717, 1.165) is 0 Å². The van der Waals surface area contributed by atoms with Gasteiger partial charge in [0.2, 0.25) is 0 Å². The van der Waals surface area contributed by atoms with E-state index in [1.165, 1.54) is 6.26 Å². The van der Waals surface area contributed by atoms with Gasteiger partial charge in [-0.15, -0.1) is 0 Å². The zero-order chi connectivity index (χ0) is 11.4. The molecule has 0 rings (SSSR count). The molecule has 1 N–H and O–H groups in total. The molecule has 0 aromatic carbocycles. The molecule has 0 amide bonds. The highest BCUT2D eigenvalue weighted by molar-refractivity contribution is 7.91. The lowest BCUT2D eigenvalue weighted by molar-refractivity contribution is -0.152. The molecule has 0 saturated heterocycles. The van der Waals surface area contributed by atoms with Gasteiger partial charge in [0.05, 0.1) is 12.0 Å². The van der Waals surface area contributed by atoms with E-state index in [4.69, 9.17) is 9.52 Å². The normalized spacial score (nSPS) is 16.0. The summed E-state index contributed by atoms with van der Waals surface area (Å²) in [6, 6.07) is 0. The Balaban J connectivity index is 3.72. The zero-order valence-corrected chi connectivity index (χ0v) is 10.1. The third-order valence-corrected chi connectivity index (χ3v) is 2.59. The highest BCUT2D eigenvalue weighted by atomic mass is 32.2. The minimum absolute atomic E-state index is 0.250. The fourth-order valence-electron chi connectivity index (χ4n) is 0.716. The summed E-state index contributed by atoms with van der Waals surface area (Å²) in [5.41, 5.74) is -0.491. The van der Waals surface area contributed by atoms with Crippen LogP contribution < -0.4 is 0 Å². The molecule has 0 aromatic rings. The maximum atomic E-state index is 11.2. The maximum Gasteiger partial charge on any atom is 0.311 e. The molecule has 0 heterocycles. The number of esters is 1. The Bertz CT molecular complexity index is 288. The molecule has 0 aromatic heterocycles. The molecule has 0 spiro atoms. The van der Waals surface area contributed by atoms with Crippen LogP contribution >= 0.6 is 0 Å². The number of ether oxygens (including phenoxy) is 1. The summed E-state index contributed by atoms with van der Waals surface area (Å²) in [6.45, 7) is 5.59. The van der Waals surface area contributed by atoms with Crippen molar-refractivity contribution in [1.82, 2.24) is 0 Å². The molecule has 4 nitrogen and oxygen atoms in total. The first-order valence-electron chi connectivity index (χ1n) is 4.51. The lowest BCUT2D eigenvalue weighted by Gasteiger charge is -2.16.